The first-order valence-electron chi connectivity index (χ1n) is 11.3. The normalized spacial score (nSPS) is 22.0. The summed E-state index contributed by atoms with van der Waals surface area (Å²) < 4.78 is 32.4. The maximum Gasteiger partial charge on any atom is 0.410 e. The molecule has 0 saturated carbocycles. The summed E-state index contributed by atoms with van der Waals surface area (Å²) >= 11 is 0. The highest BCUT2D eigenvalue weighted by Gasteiger charge is 2.62. The Morgan fingerprint density at radius 1 is 1.24 bits per heavy atom. The summed E-state index contributed by atoms with van der Waals surface area (Å²) in [5.74, 6) is -0.308. The minimum Gasteiger partial charge on any atom is -0.456 e. The summed E-state index contributed by atoms with van der Waals surface area (Å²) in [6.07, 6.45) is 2.54. The standard InChI is InChI=1S/C24H32FN3O4Si/c1-23(2,3)32-22(29)28-12-18(13-28)31-21-26-10-17(11-27-21)19-9-7-8-16(20(19)25)14-30-33(6)15-24(33,4)5/h7-11,18H,12-15H2,1-6H3. The number of hydrogen-bond donors (Lipinski definition) is 0. The van der Waals surface area contributed by atoms with E-state index in [1.165, 1.54) is 0 Å². The summed E-state index contributed by atoms with van der Waals surface area (Å²) in [4.78, 5) is 22.0. The Hall–Kier alpha value is -2.52. The van der Waals surface area contributed by atoms with Crippen LogP contribution in [0.5, 0.6) is 6.01 Å². The van der Waals surface area contributed by atoms with Gasteiger partial charge in [-0.1, -0.05) is 32.0 Å². The van der Waals surface area contributed by atoms with E-state index in [1.54, 1.807) is 29.4 Å². The maximum absolute atomic E-state index is 15.2. The molecule has 0 aliphatic carbocycles. The third-order valence-corrected chi connectivity index (χ3v) is 11.4. The lowest BCUT2D eigenvalue weighted by molar-refractivity contribution is -0.0244. The van der Waals surface area contributed by atoms with E-state index in [-0.39, 0.29) is 35.7 Å². The predicted molar refractivity (Wildman–Crippen MR) is 125 cm³/mol. The third kappa shape index (κ3) is 5.19. The predicted octanol–water partition coefficient (Wildman–Crippen LogP) is 5.17. The lowest BCUT2D eigenvalue weighted by Gasteiger charge is -2.38. The highest BCUT2D eigenvalue weighted by molar-refractivity contribution is 6.86. The molecule has 0 spiro atoms. The Balaban J connectivity index is 1.34. The van der Waals surface area contributed by atoms with Crippen LogP contribution in [0.4, 0.5) is 9.18 Å². The van der Waals surface area contributed by atoms with E-state index in [2.05, 4.69) is 30.4 Å². The van der Waals surface area contributed by atoms with Gasteiger partial charge in [-0.3, -0.25) is 0 Å². The van der Waals surface area contributed by atoms with Crippen LogP contribution in [0.15, 0.2) is 30.6 Å². The average Bonchev–Trinajstić information content (AvgIpc) is 3.20. The molecular weight excluding hydrogens is 441 g/mol. The van der Waals surface area contributed by atoms with Crippen molar-refractivity contribution in [3.05, 3.63) is 42.0 Å². The Morgan fingerprint density at radius 3 is 2.45 bits per heavy atom. The van der Waals surface area contributed by atoms with Gasteiger partial charge in [-0.15, -0.1) is 0 Å². The smallest absolute Gasteiger partial charge is 0.410 e. The molecule has 2 aliphatic rings. The minimum atomic E-state index is -1.72. The first-order valence-corrected chi connectivity index (χ1v) is 13.9. The van der Waals surface area contributed by atoms with Crippen molar-refractivity contribution in [1.29, 1.82) is 0 Å². The van der Waals surface area contributed by atoms with Crippen LogP contribution in [-0.4, -0.2) is 54.1 Å². The average molecular weight is 474 g/mol. The van der Waals surface area contributed by atoms with Crippen LogP contribution >= 0.6 is 0 Å². The molecule has 33 heavy (non-hydrogen) atoms. The Bertz CT molecular complexity index is 1030. The number of carbonyl (C=O) groups is 1. The van der Waals surface area contributed by atoms with Gasteiger partial charge >= 0.3 is 12.1 Å². The number of aromatic nitrogens is 2. The fraction of sp³-hybridized carbons (Fsp3) is 0.542. The van der Waals surface area contributed by atoms with Gasteiger partial charge in [-0.2, -0.15) is 0 Å². The number of halogens is 1. The van der Waals surface area contributed by atoms with Gasteiger partial charge < -0.3 is 18.8 Å². The zero-order valence-electron chi connectivity index (χ0n) is 20.1. The van der Waals surface area contributed by atoms with E-state index < -0.39 is 13.9 Å². The van der Waals surface area contributed by atoms with E-state index in [0.717, 1.165) is 6.04 Å². The molecule has 1 aromatic carbocycles. The highest BCUT2D eigenvalue weighted by Crippen LogP contribution is 2.62. The van der Waals surface area contributed by atoms with E-state index in [4.69, 9.17) is 13.9 Å². The maximum atomic E-state index is 15.2. The van der Waals surface area contributed by atoms with Gasteiger partial charge in [0.25, 0.3) is 0 Å². The second kappa shape index (κ2) is 8.36. The number of ether oxygens (including phenoxy) is 2. The number of likely N-dealkylation sites (tertiary alicyclic amines) is 1. The molecule has 0 bridgehead atoms. The second-order valence-electron chi connectivity index (χ2n) is 10.7. The monoisotopic (exact) mass is 473 g/mol. The summed E-state index contributed by atoms with van der Waals surface area (Å²) in [5, 5.41) is 0.259. The molecule has 2 saturated heterocycles. The van der Waals surface area contributed by atoms with Crippen molar-refractivity contribution in [3.8, 4) is 17.1 Å². The van der Waals surface area contributed by atoms with Crippen molar-refractivity contribution in [3.63, 3.8) is 0 Å². The fourth-order valence-electron chi connectivity index (χ4n) is 3.85. The molecule has 2 aliphatic heterocycles. The molecule has 2 aromatic rings. The molecule has 1 atom stereocenters. The molecule has 1 unspecified atom stereocenters. The van der Waals surface area contributed by atoms with Gasteiger partial charge in [0.1, 0.15) is 17.5 Å². The SMILES string of the molecule is CC(C)(C)OC(=O)N1CC(Oc2ncc(-c3cccc(CO[Si]4(C)CC4(C)C)c3F)cn2)C1. The number of hydrogen-bond acceptors (Lipinski definition) is 6. The largest absolute Gasteiger partial charge is 0.456 e. The van der Waals surface area contributed by atoms with Crippen LogP contribution in [0, 0.1) is 5.82 Å². The number of amides is 1. The van der Waals surface area contributed by atoms with Crippen LogP contribution in [0.1, 0.15) is 40.2 Å². The first kappa shape index (κ1) is 23.6. The molecule has 178 valence electrons. The molecule has 1 amide bonds. The van der Waals surface area contributed by atoms with Gasteiger partial charge in [0, 0.05) is 29.1 Å². The van der Waals surface area contributed by atoms with Crippen LogP contribution in [0.2, 0.25) is 17.6 Å². The van der Waals surface area contributed by atoms with E-state index in [9.17, 15) is 4.79 Å². The molecule has 0 N–H and O–H groups in total. The van der Waals surface area contributed by atoms with Crippen LogP contribution in [-0.2, 0) is 15.8 Å². The van der Waals surface area contributed by atoms with Crippen LogP contribution in [0.25, 0.3) is 11.1 Å². The summed E-state index contributed by atoms with van der Waals surface area (Å²) in [7, 11) is -1.72. The quantitative estimate of drug-likeness (QED) is 0.539. The van der Waals surface area contributed by atoms with Crippen molar-refractivity contribution in [1.82, 2.24) is 14.9 Å². The van der Waals surface area contributed by atoms with Gasteiger partial charge in [-0.25, -0.2) is 19.2 Å². The number of nitrogens with zero attached hydrogens (tertiary/aromatic N) is 3. The number of rotatable bonds is 6. The number of benzene rings is 1. The first-order chi connectivity index (χ1) is 15.4. The van der Waals surface area contributed by atoms with E-state index in [0.29, 0.717) is 29.8 Å². The highest BCUT2D eigenvalue weighted by atomic mass is 28.4. The van der Waals surface area contributed by atoms with E-state index in [1.807, 2.05) is 26.8 Å². The molecule has 9 heteroatoms. The lowest BCUT2D eigenvalue weighted by atomic mass is 10.1. The third-order valence-electron chi connectivity index (χ3n) is 6.42. The molecular formula is C24H32FN3O4Si. The fourth-order valence-corrected chi connectivity index (χ4v) is 7.16. The molecule has 1 aromatic heterocycles. The van der Waals surface area contributed by atoms with Gasteiger partial charge in [0.05, 0.1) is 19.7 Å². The summed E-state index contributed by atoms with van der Waals surface area (Å²) in [6.45, 7) is 13.2. The second-order valence-corrected chi connectivity index (χ2v) is 15.2. The zero-order chi connectivity index (χ0) is 24.0. The van der Waals surface area contributed by atoms with Gasteiger partial charge in [0.2, 0.25) is 0 Å². The van der Waals surface area contributed by atoms with Crippen molar-refractivity contribution >= 4 is 14.4 Å². The Labute approximate surface area is 195 Å². The van der Waals surface area contributed by atoms with Crippen molar-refractivity contribution < 1.29 is 23.1 Å². The lowest BCUT2D eigenvalue weighted by Crippen LogP contribution is -2.57. The van der Waals surface area contributed by atoms with Gasteiger partial charge in [0.15, 0.2) is 8.32 Å². The summed E-state index contributed by atoms with van der Waals surface area (Å²) in [6, 6.07) is 6.60. The Kier molecular flexibility index (Phi) is 5.98. The van der Waals surface area contributed by atoms with Crippen LogP contribution in [0.3, 0.4) is 0 Å². The molecule has 3 heterocycles. The van der Waals surface area contributed by atoms with Crippen molar-refractivity contribution in [2.45, 2.75) is 70.6 Å². The zero-order valence-corrected chi connectivity index (χ0v) is 21.1. The van der Waals surface area contributed by atoms with Crippen molar-refractivity contribution in [2.75, 3.05) is 13.1 Å². The molecule has 7 nitrogen and oxygen atoms in total. The van der Waals surface area contributed by atoms with E-state index >= 15 is 4.39 Å². The number of carbonyl (C=O) groups excluding carboxylic acids is 1. The molecule has 2 fully saturated rings. The van der Waals surface area contributed by atoms with Crippen molar-refractivity contribution in [2.24, 2.45) is 0 Å². The molecule has 0 radical (unpaired) electrons. The Morgan fingerprint density at radius 2 is 1.88 bits per heavy atom. The van der Waals surface area contributed by atoms with Crippen LogP contribution < -0.4 is 4.74 Å². The summed E-state index contributed by atoms with van der Waals surface area (Å²) in [5.41, 5.74) is 1.01. The van der Waals surface area contributed by atoms with Gasteiger partial charge in [-0.05, 0) is 38.4 Å². The molecule has 4 rings (SSSR count). The minimum absolute atomic E-state index is 0.196. The topological polar surface area (TPSA) is 73.8 Å².